The van der Waals surface area contributed by atoms with E-state index in [2.05, 4.69) is 5.32 Å². The summed E-state index contributed by atoms with van der Waals surface area (Å²) < 4.78 is 0. The van der Waals surface area contributed by atoms with Crippen LogP contribution in [-0.2, 0) is 9.59 Å². The zero-order chi connectivity index (χ0) is 13.6. The summed E-state index contributed by atoms with van der Waals surface area (Å²) in [5, 5.41) is 11.7. The van der Waals surface area contributed by atoms with Crippen molar-refractivity contribution in [3.05, 3.63) is 0 Å². The van der Waals surface area contributed by atoms with Gasteiger partial charge in [-0.2, -0.15) is 5.26 Å². The first-order chi connectivity index (χ1) is 7.76. The molecule has 0 heterocycles. The van der Waals surface area contributed by atoms with Gasteiger partial charge in [0.2, 0.25) is 11.8 Å². The fourth-order valence-corrected chi connectivity index (χ4v) is 1.35. The first kappa shape index (κ1) is 15.4. The second-order valence-corrected chi connectivity index (χ2v) is 4.68. The highest BCUT2D eigenvalue weighted by Crippen LogP contribution is 2.22. The Balaban J connectivity index is 4.53. The van der Waals surface area contributed by atoms with Gasteiger partial charge in [-0.25, -0.2) is 0 Å². The maximum atomic E-state index is 12.0. The van der Waals surface area contributed by atoms with Crippen LogP contribution in [0.2, 0.25) is 0 Å². The fraction of sp³-hybridized carbons (Fsp3) is 0.750. The number of nitrogens with zero attached hydrogens (tertiary/aromatic N) is 2. The van der Waals surface area contributed by atoms with Crippen LogP contribution in [0, 0.1) is 16.7 Å². The first-order valence-electron chi connectivity index (χ1n) is 5.73. The minimum atomic E-state index is -1.05. The molecule has 0 rings (SSSR count). The number of carbonyl (C=O) groups excluding carboxylic acids is 2. The number of hydrogen-bond donors (Lipinski definition) is 1. The summed E-state index contributed by atoms with van der Waals surface area (Å²) in [6, 6.07) is 2.04. The average Bonchev–Trinajstić information content (AvgIpc) is 2.25. The Morgan fingerprint density at radius 2 is 2.00 bits per heavy atom. The second kappa shape index (κ2) is 6.24. The van der Waals surface area contributed by atoms with Gasteiger partial charge in [0.05, 0.1) is 12.6 Å². The van der Waals surface area contributed by atoms with Gasteiger partial charge in [-0.15, -0.1) is 0 Å². The molecular formula is C12H21N3O2. The van der Waals surface area contributed by atoms with Crippen LogP contribution in [0.15, 0.2) is 0 Å². The molecule has 0 radical (unpaired) electrons. The number of nitriles is 1. The van der Waals surface area contributed by atoms with Gasteiger partial charge in [0.15, 0.2) is 0 Å². The molecule has 0 saturated heterocycles. The number of rotatable bonds is 5. The van der Waals surface area contributed by atoms with Crippen molar-refractivity contribution in [1.82, 2.24) is 10.2 Å². The molecule has 2 amide bonds. The van der Waals surface area contributed by atoms with Crippen LogP contribution in [0.5, 0.6) is 0 Å². The summed E-state index contributed by atoms with van der Waals surface area (Å²) in [5.74, 6) is -0.534. The predicted molar refractivity (Wildman–Crippen MR) is 64.9 cm³/mol. The van der Waals surface area contributed by atoms with Crippen LogP contribution in [0.4, 0.5) is 0 Å². The molecule has 0 aliphatic heterocycles. The van der Waals surface area contributed by atoms with E-state index in [0.717, 1.165) is 0 Å². The van der Waals surface area contributed by atoms with Crippen molar-refractivity contribution in [2.75, 3.05) is 13.6 Å². The van der Waals surface area contributed by atoms with E-state index >= 15 is 0 Å². The van der Waals surface area contributed by atoms with Gasteiger partial charge in [-0.05, 0) is 27.2 Å². The summed E-state index contributed by atoms with van der Waals surface area (Å²) in [4.78, 5) is 24.8. The normalized spacial score (nSPS) is 13.7. The minimum Gasteiger partial charge on any atom is -0.352 e. The summed E-state index contributed by atoms with van der Waals surface area (Å²) in [7, 11) is 1.54. The molecule has 5 nitrogen and oxygen atoms in total. The molecular weight excluding hydrogens is 218 g/mol. The lowest BCUT2D eigenvalue weighted by Crippen LogP contribution is -2.45. The maximum absolute atomic E-state index is 12.0. The van der Waals surface area contributed by atoms with Crippen molar-refractivity contribution in [2.45, 2.75) is 40.2 Å². The molecule has 1 unspecified atom stereocenters. The van der Waals surface area contributed by atoms with Gasteiger partial charge < -0.3 is 10.2 Å². The van der Waals surface area contributed by atoms with Gasteiger partial charge in [-0.1, -0.05) is 6.92 Å². The molecule has 1 N–H and O–H groups in total. The van der Waals surface area contributed by atoms with Gasteiger partial charge in [0.25, 0.3) is 0 Å². The predicted octanol–water partition coefficient (Wildman–Crippen LogP) is 0.909. The SMILES string of the molecule is CCC(C)(C#N)C(=O)N(C)CC(=O)NC(C)C. The van der Waals surface area contributed by atoms with Crippen molar-refractivity contribution in [1.29, 1.82) is 5.26 Å². The van der Waals surface area contributed by atoms with E-state index in [1.165, 1.54) is 11.9 Å². The van der Waals surface area contributed by atoms with E-state index in [-0.39, 0.29) is 24.4 Å². The zero-order valence-corrected chi connectivity index (χ0v) is 11.2. The minimum absolute atomic E-state index is 0.0196. The third-order valence-corrected chi connectivity index (χ3v) is 2.60. The van der Waals surface area contributed by atoms with Crippen LogP contribution < -0.4 is 5.32 Å². The molecule has 1 atom stereocenters. The van der Waals surface area contributed by atoms with E-state index in [0.29, 0.717) is 6.42 Å². The molecule has 0 aromatic rings. The third kappa shape index (κ3) is 4.43. The Kier molecular flexibility index (Phi) is 5.66. The van der Waals surface area contributed by atoms with E-state index in [9.17, 15) is 9.59 Å². The van der Waals surface area contributed by atoms with Gasteiger partial charge in [-0.3, -0.25) is 9.59 Å². The summed E-state index contributed by atoms with van der Waals surface area (Å²) in [6.07, 6.45) is 0.429. The van der Waals surface area contributed by atoms with E-state index < -0.39 is 5.41 Å². The first-order valence-corrected chi connectivity index (χ1v) is 5.73. The van der Waals surface area contributed by atoms with E-state index in [4.69, 9.17) is 5.26 Å². The summed E-state index contributed by atoms with van der Waals surface area (Å²) >= 11 is 0. The van der Waals surface area contributed by atoms with Crippen molar-refractivity contribution in [3.63, 3.8) is 0 Å². The molecule has 96 valence electrons. The molecule has 0 bridgehead atoms. The quantitative estimate of drug-likeness (QED) is 0.775. The number of hydrogen-bond acceptors (Lipinski definition) is 3. The van der Waals surface area contributed by atoms with Crippen LogP contribution in [0.25, 0.3) is 0 Å². The van der Waals surface area contributed by atoms with E-state index in [1.54, 1.807) is 13.8 Å². The number of nitrogens with one attached hydrogen (secondary N) is 1. The number of carbonyl (C=O) groups is 2. The summed E-state index contributed by atoms with van der Waals surface area (Å²) in [5.41, 5.74) is -1.05. The van der Waals surface area contributed by atoms with Gasteiger partial charge >= 0.3 is 0 Å². The lowest BCUT2D eigenvalue weighted by atomic mass is 9.88. The van der Waals surface area contributed by atoms with Gasteiger partial charge in [0, 0.05) is 13.1 Å². The molecule has 0 spiro atoms. The van der Waals surface area contributed by atoms with E-state index in [1.807, 2.05) is 19.9 Å². The molecule has 0 fully saturated rings. The largest absolute Gasteiger partial charge is 0.352 e. The Hall–Kier alpha value is -1.57. The molecule has 0 aliphatic rings. The number of amides is 2. The molecule has 0 aromatic heterocycles. The molecule has 0 aliphatic carbocycles. The Labute approximate surface area is 103 Å². The van der Waals surface area contributed by atoms with Crippen molar-refractivity contribution in [2.24, 2.45) is 5.41 Å². The lowest BCUT2D eigenvalue weighted by Gasteiger charge is -2.25. The van der Waals surface area contributed by atoms with Crippen LogP contribution >= 0.6 is 0 Å². The lowest BCUT2D eigenvalue weighted by molar-refractivity contribution is -0.140. The van der Waals surface area contributed by atoms with Crippen molar-refractivity contribution >= 4 is 11.8 Å². The molecule has 0 saturated carbocycles. The molecule has 0 aromatic carbocycles. The molecule has 17 heavy (non-hydrogen) atoms. The Bertz CT molecular complexity index is 333. The monoisotopic (exact) mass is 239 g/mol. The highest BCUT2D eigenvalue weighted by molar-refractivity contribution is 5.89. The fourth-order valence-electron chi connectivity index (χ4n) is 1.35. The molecule has 5 heteroatoms. The highest BCUT2D eigenvalue weighted by Gasteiger charge is 2.34. The maximum Gasteiger partial charge on any atom is 0.242 e. The van der Waals surface area contributed by atoms with Crippen LogP contribution in [0.1, 0.15) is 34.1 Å². The van der Waals surface area contributed by atoms with Crippen molar-refractivity contribution < 1.29 is 9.59 Å². The standard InChI is InChI=1S/C12H21N3O2/c1-6-12(4,8-13)11(17)15(5)7-10(16)14-9(2)3/h9H,6-7H2,1-5H3,(H,14,16). The zero-order valence-electron chi connectivity index (χ0n) is 11.2. The van der Waals surface area contributed by atoms with Crippen LogP contribution in [0.3, 0.4) is 0 Å². The number of likely N-dealkylation sites (N-methyl/N-ethyl adjacent to an activating group) is 1. The Morgan fingerprint density at radius 3 is 2.35 bits per heavy atom. The van der Waals surface area contributed by atoms with Gasteiger partial charge in [0.1, 0.15) is 5.41 Å². The topological polar surface area (TPSA) is 73.2 Å². The third-order valence-electron chi connectivity index (χ3n) is 2.60. The average molecular weight is 239 g/mol. The summed E-state index contributed by atoms with van der Waals surface area (Å²) in [6.45, 7) is 7.06. The smallest absolute Gasteiger partial charge is 0.242 e. The highest BCUT2D eigenvalue weighted by atomic mass is 16.2. The Morgan fingerprint density at radius 1 is 1.47 bits per heavy atom. The van der Waals surface area contributed by atoms with Crippen LogP contribution in [-0.4, -0.2) is 36.3 Å². The second-order valence-electron chi connectivity index (χ2n) is 4.68. The van der Waals surface area contributed by atoms with Crippen molar-refractivity contribution in [3.8, 4) is 6.07 Å².